The van der Waals surface area contributed by atoms with Crippen molar-refractivity contribution in [2.75, 3.05) is 13.7 Å². The summed E-state index contributed by atoms with van der Waals surface area (Å²) < 4.78 is 17.0. The molecule has 0 radical (unpaired) electrons. The predicted molar refractivity (Wildman–Crippen MR) is 130 cm³/mol. The molecule has 0 fully saturated rings. The smallest absolute Gasteiger partial charge is 0.337 e. The van der Waals surface area contributed by atoms with Gasteiger partial charge in [-0.1, -0.05) is 46.8 Å². The van der Waals surface area contributed by atoms with Crippen LogP contribution in [0.4, 0.5) is 0 Å². The van der Waals surface area contributed by atoms with Gasteiger partial charge in [0.1, 0.15) is 23.7 Å². The fourth-order valence-electron chi connectivity index (χ4n) is 4.14. The third-order valence-corrected chi connectivity index (χ3v) is 6.54. The van der Waals surface area contributed by atoms with E-state index in [1.165, 1.54) is 7.11 Å². The molecule has 0 N–H and O–H groups in total. The summed E-state index contributed by atoms with van der Waals surface area (Å²) in [5, 5.41) is 0.872. The van der Waals surface area contributed by atoms with Crippen molar-refractivity contribution in [2.45, 2.75) is 59.8 Å². The molecule has 0 atom stereocenters. The van der Waals surface area contributed by atoms with Crippen LogP contribution < -0.4 is 4.74 Å². The Kier molecular flexibility index (Phi) is 7.01. The lowest BCUT2D eigenvalue weighted by atomic mass is 9.73. The monoisotopic (exact) mass is 450 g/mol. The van der Waals surface area contributed by atoms with Crippen molar-refractivity contribution in [1.29, 1.82) is 0 Å². The highest BCUT2D eigenvalue weighted by molar-refractivity contribution is 5.94. The van der Waals surface area contributed by atoms with Gasteiger partial charge >= 0.3 is 5.97 Å². The number of aryl methyl sites for hydroxylation is 1. The van der Waals surface area contributed by atoms with Crippen LogP contribution in [0.25, 0.3) is 11.0 Å². The van der Waals surface area contributed by atoms with Crippen LogP contribution in [-0.4, -0.2) is 25.5 Å². The van der Waals surface area contributed by atoms with Crippen molar-refractivity contribution in [3.8, 4) is 5.75 Å². The molecular formula is C28H34O5. The van der Waals surface area contributed by atoms with Crippen LogP contribution in [-0.2, 0) is 14.9 Å². The lowest BCUT2D eigenvalue weighted by Crippen LogP contribution is -2.27. The van der Waals surface area contributed by atoms with Gasteiger partial charge in [0.25, 0.3) is 0 Å². The maximum atomic E-state index is 12.3. The molecule has 0 aliphatic heterocycles. The summed E-state index contributed by atoms with van der Waals surface area (Å²) in [4.78, 5) is 24.2. The van der Waals surface area contributed by atoms with Gasteiger partial charge < -0.3 is 13.9 Å². The highest BCUT2D eigenvalue weighted by Crippen LogP contribution is 2.42. The molecule has 0 saturated heterocycles. The van der Waals surface area contributed by atoms with Gasteiger partial charge in [0.15, 0.2) is 5.78 Å². The molecule has 1 aromatic heterocycles. The van der Waals surface area contributed by atoms with Crippen LogP contribution in [0.1, 0.15) is 74.7 Å². The van der Waals surface area contributed by atoms with E-state index in [1.54, 1.807) is 12.1 Å². The first-order valence-corrected chi connectivity index (χ1v) is 11.4. The van der Waals surface area contributed by atoms with Crippen molar-refractivity contribution in [1.82, 2.24) is 0 Å². The number of hydrogen-bond acceptors (Lipinski definition) is 5. The Balaban J connectivity index is 1.97. The average molecular weight is 451 g/mol. The fourth-order valence-corrected chi connectivity index (χ4v) is 4.14. The van der Waals surface area contributed by atoms with Gasteiger partial charge in [0, 0.05) is 10.8 Å². The zero-order valence-corrected chi connectivity index (χ0v) is 20.7. The van der Waals surface area contributed by atoms with Crippen molar-refractivity contribution in [3.05, 3.63) is 64.9 Å². The predicted octanol–water partition coefficient (Wildman–Crippen LogP) is 6.63. The number of rotatable bonds is 8. The van der Waals surface area contributed by atoms with Crippen LogP contribution in [0, 0.1) is 12.3 Å². The molecule has 2 aromatic carbocycles. The zero-order chi connectivity index (χ0) is 24.4. The molecule has 5 nitrogen and oxygen atoms in total. The first-order chi connectivity index (χ1) is 15.6. The number of hydrogen-bond donors (Lipinski definition) is 0. The van der Waals surface area contributed by atoms with Crippen molar-refractivity contribution in [2.24, 2.45) is 5.41 Å². The lowest BCUT2D eigenvalue weighted by Gasteiger charge is -2.31. The Morgan fingerprint density at radius 1 is 0.970 bits per heavy atom. The Labute approximate surface area is 196 Å². The van der Waals surface area contributed by atoms with Crippen LogP contribution in [0.5, 0.6) is 5.75 Å². The number of ketones is 1. The molecule has 0 aliphatic rings. The molecule has 1 heterocycles. The second-order valence-electron chi connectivity index (χ2n) is 9.59. The third kappa shape index (κ3) is 4.82. The quantitative estimate of drug-likeness (QED) is 0.360. The molecule has 0 amide bonds. The van der Waals surface area contributed by atoms with Crippen LogP contribution in [0.3, 0.4) is 0 Å². The molecule has 33 heavy (non-hydrogen) atoms. The number of methoxy groups -OCH3 is 1. The Bertz CT molecular complexity index is 1160. The van der Waals surface area contributed by atoms with E-state index in [2.05, 4.69) is 26.0 Å². The molecule has 0 unspecified atom stereocenters. The second-order valence-corrected chi connectivity index (χ2v) is 9.59. The normalized spacial score (nSPS) is 12.1. The highest BCUT2D eigenvalue weighted by atomic mass is 16.5. The number of carbonyl (C=O) groups is 2. The second kappa shape index (κ2) is 9.42. The molecule has 0 saturated carbocycles. The summed E-state index contributed by atoms with van der Waals surface area (Å²) in [5.41, 5.74) is 2.59. The first-order valence-electron chi connectivity index (χ1n) is 11.4. The summed E-state index contributed by atoms with van der Waals surface area (Å²) in [6, 6.07) is 13.5. The number of benzene rings is 2. The molecular weight excluding hydrogens is 416 g/mol. The molecule has 3 aromatic rings. The number of ether oxygens (including phenoxy) is 2. The first kappa shape index (κ1) is 24.6. The number of carbonyl (C=O) groups excluding carboxylic acids is 2. The van der Waals surface area contributed by atoms with E-state index in [1.807, 2.05) is 45.9 Å². The van der Waals surface area contributed by atoms with Crippen LogP contribution in [0.15, 0.2) is 46.9 Å². The van der Waals surface area contributed by atoms with Gasteiger partial charge in [0.05, 0.1) is 18.1 Å². The van der Waals surface area contributed by atoms with Gasteiger partial charge in [-0.2, -0.15) is 0 Å². The van der Waals surface area contributed by atoms with E-state index in [0.29, 0.717) is 11.3 Å². The Morgan fingerprint density at radius 3 is 2.24 bits per heavy atom. The van der Waals surface area contributed by atoms with Gasteiger partial charge in [-0.15, -0.1) is 0 Å². The van der Waals surface area contributed by atoms with E-state index < -0.39 is 5.41 Å². The SMILES string of the molecule is CCC(CC)(c1ccc(OCC(=O)C(C)(C)C)c(C)c1)c1cc2cc(C(=O)OC)ccc2o1. The average Bonchev–Trinajstić information content (AvgIpc) is 3.22. The van der Waals surface area contributed by atoms with Crippen molar-refractivity contribution in [3.63, 3.8) is 0 Å². The van der Waals surface area contributed by atoms with E-state index in [-0.39, 0.29) is 23.8 Å². The van der Waals surface area contributed by atoms with E-state index in [0.717, 1.165) is 40.7 Å². The minimum Gasteiger partial charge on any atom is -0.486 e. The number of furan rings is 1. The van der Waals surface area contributed by atoms with Gasteiger partial charge in [0.2, 0.25) is 0 Å². The number of esters is 1. The summed E-state index contributed by atoms with van der Waals surface area (Å²) in [7, 11) is 1.38. The summed E-state index contributed by atoms with van der Waals surface area (Å²) >= 11 is 0. The highest BCUT2D eigenvalue weighted by Gasteiger charge is 2.35. The maximum absolute atomic E-state index is 12.3. The van der Waals surface area contributed by atoms with E-state index in [4.69, 9.17) is 13.9 Å². The Morgan fingerprint density at radius 2 is 1.67 bits per heavy atom. The van der Waals surface area contributed by atoms with Crippen molar-refractivity contribution < 1.29 is 23.5 Å². The van der Waals surface area contributed by atoms with Gasteiger partial charge in [-0.25, -0.2) is 4.79 Å². The molecule has 176 valence electrons. The van der Waals surface area contributed by atoms with Gasteiger partial charge in [-0.05, 0) is 61.2 Å². The van der Waals surface area contributed by atoms with Crippen molar-refractivity contribution >= 4 is 22.7 Å². The summed E-state index contributed by atoms with van der Waals surface area (Å²) in [5.74, 6) is 1.27. The summed E-state index contributed by atoms with van der Waals surface area (Å²) in [6.45, 7) is 12.0. The molecule has 0 bridgehead atoms. The maximum Gasteiger partial charge on any atom is 0.337 e. The molecule has 0 aliphatic carbocycles. The lowest BCUT2D eigenvalue weighted by molar-refractivity contribution is -0.128. The minimum atomic E-state index is -0.428. The standard InChI is InChI=1S/C28H34O5/c1-8-28(9-2,25-16-20-15-19(26(30)31-7)10-12-23(20)33-25)21-11-13-22(18(3)14-21)32-17-24(29)27(4,5)6/h10-16H,8-9,17H2,1-7H3. The Hall–Kier alpha value is -3.08. The third-order valence-electron chi connectivity index (χ3n) is 6.54. The van der Waals surface area contributed by atoms with E-state index >= 15 is 0 Å². The fraction of sp³-hybridized carbons (Fsp3) is 0.429. The van der Waals surface area contributed by atoms with Crippen LogP contribution in [0.2, 0.25) is 0 Å². The van der Waals surface area contributed by atoms with E-state index in [9.17, 15) is 9.59 Å². The van der Waals surface area contributed by atoms with Crippen LogP contribution >= 0.6 is 0 Å². The molecule has 3 rings (SSSR count). The number of Topliss-reactive ketones (excluding diaryl/α,β-unsaturated/α-hetero) is 1. The largest absolute Gasteiger partial charge is 0.486 e. The summed E-state index contributed by atoms with van der Waals surface area (Å²) in [6.07, 6.45) is 1.69. The minimum absolute atomic E-state index is 0.0580. The topological polar surface area (TPSA) is 65.7 Å². The molecule has 5 heteroatoms. The zero-order valence-electron chi connectivity index (χ0n) is 20.7. The van der Waals surface area contributed by atoms with Gasteiger partial charge in [-0.3, -0.25) is 4.79 Å². The molecule has 0 spiro atoms. The number of fused-ring (bicyclic) bond motifs is 1.